The molecule has 3 rings (SSSR count). The van der Waals surface area contributed by atoms with Crippen molar-refractivity contribution in [2.24, 2.45) is 0 Å². The molecule has 0 aliphatic carbocycles. The molecule has 122 valence electrons. The van der Waals surface area contributed by atoms with Crippen LogP contribution in [-0.4, -0.2) is 40.5 Å². The Balaban J connectivity index is 1.60. The van der Waals surface area contributed by atoms with E-state index in [-0.39, 0.29) is 12.0 Å². The van der Waals surface area contributed by atoms with Crippen molar-refractivity contribution in [2.75, 3.05) is 19.7 Å². The normalized spacial score (nSPS) is 17.3. The van der Waals surface area contributed by atoms with Gasteiger partial charge < -0.3 is 9.64 Å². The highest BCUT2D eigenvalue weighted by molar-refractivity contribution is 5.76. The second-order valence-corrected chi connectivity index (χ2v) is 5.64. The molecule has 1 fully saturated rings. The first kappa shape index (κ1) is 16.1. The summed E-state index contributed by atoms with van der Waals surface area (Å²) < 4.78 is 5.78. The fourth-order valence-electron chi connectivity index (χ4n) is 2.75. The predicted octanol–water partition coefficient (Wildman–Crippen LogP) is 1.88. The number of hydrogen-bond donors (Lipinski definition) is 0. The maximum atomic E-state index is 12.4. The summed E-state index contributed by atoms with van der Waals surface area (Å²) in [7, 11) is 0. The number of aromatic nitrogens is 2. The first-order valence-corrected chi connectivity index (χ1v) is 7.90. The number of morpholine rings is 1. The van der Waals surface area contributed by atoms with Gasteiger partial charge in [-0.25, -0.2) is 9.97 Å². The number of nitriles is 1. The summed E-state index contributed by atoms with van der Waals surface area (Å²) >= 11 is 0. The second kappa shape index (κ2) is 7.66. The lowest BCUT2D eigenvalue weighted by Crippen LogP contribution is -2.42. The fourth-order valence-corrected chi connectivity index (χ4v) is 2.75. The highest BCUT2D eigenvalue weighted by Crippen LogP contribution is 2.23. The van der Waals surface area contributed by atoms with E-state index in [2.05, 4.69) is 16.0 Å². The molecule has 0 spiro atoms. The van der Waals surface area contributed by atoms with Crippen molar-refractivity contribution >= 4 is 5.91 Å². The average Bonchev–Trinajstić information content (AvgIpc) is 2.67. The van der Waals surface area contributed by atoms with Crippen molar-refractivity contribution in [1.82, 2.24) is 14.9 Å². The third kappa shape index (κ3) is 3.94. The van der Waals surface area contributed by atoms with Crippen molar-refractivity contribution in [3.05, 3.63) is 59.7 Å². The molecule has 1 aromatic heterocycles. The summed E-state index contributed by atoms with van der Waals surface area (Å²) in [5.74, 6) is 0.0957. The van der Waals surface area contributed by atoms with E-state index in [1.165, 1.54) is 6.33 Å². The smallest absolute Gasteiger partial charge is 0.223 e. The molecular weight excluding hydrogens is 304 g/mol. The van der Waals surface area contributed by atoms with Crippen LogP contribution in [0.5, 0.6) is 0 Å². The molecule has 24 heavy (non-hydrogen) atoms. The average molecular weight is 322 g/mol. The first-order chi connectivity index (χ1) is 11.8. The van der Waals surface area contributed by atoms with Gasteiger partial charge >= 0.3 is 0 Å². The van der Waals surface area contributed by atoms with E-state index in [0.717, 1.165) is 11.3 Å². The van der Waals surface area contributed by atoms with Gasteiger partial charge in [0, 0.05) is 24.9 Å². The van der Waals surface area contributed by atoms with Gasteiger partial charge in [0.05, 0.1) is 24.8 Å². The Hall–Kier alpha value is -2.78. The number of amides is 1. The molecule has 1 aliphatic rings. The van der Waals surface area contributed by atoms with Crippen LogP contribution in [0, 0.1) is 11.3 Å². The number of ether oxygens (including phenoxy) is 1. The maximum absolute atomic E-state index is 12.4. The van der Waals surface area contributed by atoms with Crippen LogP contribution in [0.15, 0.2) is 42.9 Å². The third-order valence-electron chi connectivity index (χ3n) is 4.04. The van der Waals surface area contributed by atoms with E-state index in [1.54, 1.807) is 12.3 Å². The summed E-state index contributed by atoms with van der Waals surface area (Å²) in [5.41, 5.74) is 2.40. The molecule has 1 aromatic carbocycles. The Morgan fingerprint density at radius 1 is 1.42 bits per heavy atom. The van der Waals surface area contributed by atoms with Crippen molar-refractivity contribution in [3.8, 4) is 6.07 Å². The van der Waals surface area contributed by atoms with Gasteiger partial charge in [-0.3, -0.25) is 4.79 Å². The van der Waals surface area contributed by atoms with Gasteiger partial charge in [-0.2, -0.15) is 5.26 Å². The number of carbonyl (C=O) groups is 1. The van der Waals surface area contributed by atoms with Gasteiger partial charge in [-0.1, -0.05) is 12.1 Å². The molecule has 6 heteroatoms. The Kier molecular flexibility index (Phi) is 5.14. The Morgan fingerprint density at radius 2 is 2.33 bits per heavy atom. The molecular formula is C18H18N4O2. The van der Waals surface area contributed by atoms with E-state index in [4.69, 9.17) is 10.00 Å². The molecule has 1 amide bonds. The minimum atomic E-state index is -0.185. The largest absolute Gasteiger partial charge is 0.370 e. The van der Waals surface area contributed by atoms with E-state index in [0.29, 0.717) is 38.1 Å². The molecule has 1 atom stereocenters. The van der Waals surface area contributed by atoms with E-state index in [9.17, 15) is 4.79 Å². The van der Waals surface area contributed by atoms with Crippen molar-refractivity contribution in [2.45, 2.75) is 18.9 Å². The van der Waals surface area contributed by atoms with Crippen LogP contribution in [0.4, 0.5) is 0 Å². The number of rotatable bonds is 4. The standard InChI is InChI=1S/C18H18N4O2/c19-11-14-2-1-3-15(10-14)17-12-22(8-9-24-17)18(23)5-4-16-6-7-20-13-21-16/h1-3,6-7,10,13,17H,4-5,8-9,12H2. The summed E-state index contributed by atoms with van der Waals surface area (Å²) in [4.78, 5) is 22.3. The van der Waals surface area contributed by atoms with Crippen molar-refractivity contribution in [1.29, 1.82) is 5.26 Å². The Morgan fingerprint density at radius 3 is 3.12 bits per heavy atom. The molecule has 0 saturated carbocycles. The zero-order chi connectivity index (χ0) is 16.8. The number of nitrogens with zero attached hydrogens (tertiary/aromatic N) is 4. The lowest BCUT2D eigenvalue weighted by molar-refractivity contribution is -0.139. The van der Waals surface area contributed by atoms with Gasteiger partial charge in [-0.05, 0) is 30.2 Å². The lowest BCUT2D eigenvalue weighted by Gasteiger charge is -2.33. The van der Waals surface area contributed by atoms with Crippen LogP contribution in [0.25, 0.3) is 0 Å². The Labute approximate surface area is 140 Å². The number of aryl methyl sites for hydroxylation is 1. The van der Waals surface area contributed by atoms with Crippen LogP contribution >= 0.6 is 0 Å². The SMILES string of the molecule is N#Cc1cccc(C2CN(C(=O)CCc3ccncn3)CCO2)c1. The molecule has 0 N–H and O–H groups in total. The van der Waals surface area contributed by atoms with E-state index < -0.39 is 0 Å². The minimum absolute atomic E-state index is 0.0957. The molecule has 6 nitrogen and oxygen atoms in total. The molecule has 0 bridgehead atoms. The summed E-state index contributed by atoms with van der Waals surface area (Å²) in [6, 6.07) is 11.3. The van der Waals surface area contributed by atoms with Gasteiger partial charge in [-0.15, -0.1) is 0 Å². The summed E-state index contributed by atoms with van der Waals surface area (Å²) in [5, 5.41) is 9.01. The van der Waals surface area contributed by atoms with Crippen LogP contribution in [0.1, 0.15) is 29.3 Å². The highest BCUT2D eigenvalue weighted by atomic mass is 16.5. The molecule has 2 aromatic rings. The van der Waals surface area contributed by atoms with E-state index >= 15 is 0 Å². The zero-order valence-corrected chi connectivity index (χ0v) is 13.3. The molecule has 1 aliphatic heterocycles. The third-order valence-corrected chi connectivity index (χ3v) is 4.04. The second-order valence-electron chi connectivity index (χ2n) is 5.64. The van der Waals surface area contributed by atoms with Crippen molar-refractivity contribution < 1.29 is 9.53 Å². The number of hydrogen-bond acceptors (Lipinski definition) is 5. The van der Waals surface area contributed by atoms with Gasteiger partial charge in [0.25, 0.3) is 0 Å². The van der Waals surface area contributed by atoms with Gasteiger partial charge in [0.2, 0.25) is 5.91 Å². The summed E-state index contributed by atoms with van der Waals surface area (Å²) in [6.07, 6.45) is 4.01. The van der Waals surface area contributed by atoms with Gasteiger partial charge in [0.1, 0.15) is 12.4 Å². The lowest BCUT2D eigenvalue weighted by atomic mass is 10.0. The van der Waals surface area contributed by atoms with E-state index in [1.807, 2.05) is 29.2 Å². The quantitative estimate of drug-likeness (QED) is 0.859. The highest BCUT2D eigenvalue weighted by Gasteiger charge is 2.25. The summed E-state index contributed by atoms with van der Waals surface area (Å²) in [6.45, 7) is 1.61. The van der Waals surface area contributed by atoms with Crippen LogP contribution in [0.3, 0.4) is 0 Å². The topological polar surface area (TPSA) is 79.1 Å². The monoisotopic (exact) mass is 322 g/mol. The minimum Gasteiger partial charge on any atom is -0.370 e. The number of carbonyl (C=O) groups excluding carboxylic acids is 1. The maximum Gasteiger partial charge on any atom is 0.223 e. The molecule has 0 radical (unpaired) electrons. The van der Waals surface area contributed by atoms with Gasteiger partial charge in [0.15, 0.2) is 0 Å². The fraction of sp³-hybridized carbons (Fsp3) is 0.333. The van der Waals surface area contributed by atoms with Crippen LogP contribution in [0.2, 0.25) is 0 Å². The molecule has 1 unspecified atom stereocenters. The van der Waals surface area contributed by atoms with Crippen LogP contribution < -0.4 is 0 Å². The molecule has 1 saturated heterocycles. The van der Waals surface area contributed by atoms with Crippen molar-refractivity contribution in [3.63, 3.8) is 0 Å². The van der Waals surface area contributed by atoms with Crippen LogP contribution in [-0.2, 0) is 16.0 Å². The predicted molar refractivity (Wildman–Crippen MR) is 86.8 cm³/mol. The number of benzene rings is 1. The molecule has 2 heterocycles. The zero-order valence-electron chi connectivity index (χ0n) is 13.3. The Bertz CT molecular complexity index is 742. The first-order valence-electron chi connectivity index (χ1n) is 7.90.